The molecule has 60 heavy (non-hydrogen) atoms. The van der Waals surface area contributed by atoms with Crippen molar-refractivity contribution in [3.05, 3.63) is 70.3 Å². The second-order valence-electron chi connectivity index (χ2n) is 22.6. The number of fused-ring (bicyclic) bond motifs is 5. The molecule has 326 valence electrons. The summed E-state index contributed by atoms with van der Waals surface area (Å²) in [5, 5.41) is 26.4. The number of phenols is 1. The lowest BCUT2D eigenvalue weighted by molar-refractivity contribution is -0.183. The Morgan fingerprint density at radius 1 is 0.883 bits per heavy atom. The second kappa shape index (κ2) is 15.1. The van der Waals surface area contributed by atoms with E-state index in [0.29, 0.717) is 54.6 Å². The number of aliphatic hydroxyl groups is 1. The molecule has 0 aromatic heterocycles. The summed E-state index contributed by atoms with van der Waals surface area (Å²) in [7, 11) is 1.91. The van der Waals surface area contributed by atoms with Crippen LogP contribution in [0.15, 0.2) is 53.6 Å². The number of benzene rings is 2. The molecule has 0 bridgehead atoms. The van der Waals surface area contributed by atoms with Gasteiger partial charge in [0.05, 0.1) is 11.7 Å². The number of aliphatic hydroxyl groups excluding tert-OH is 1. The molecule has 7 nitrogen and oxygen atoms in total. The summed E-state index contributed by atoms with van der Waals surface area (Å²) >= 11 is 0. The number of aromatic hydroxyl groups is 1. The number of hydrogen-bond acceptors (Lipinski definition) is 7. The van der Waals surface area contributed by atoms with Gasteiger partial charge in [0.2, 0.25) is 0 Å². The summed E-state index contributed by atoms with van der Waals surface area (Å²) in [6.07, 6.45) is 14.2. The van der Waals surface area contributed by atoms with Crippen LogP contribution in [0.4, 0.5) is 5.69 Å². The highest BCUT2D eigenvalue weighted by atomic mass is 16.6. The van der Waals surface area contributed by atoms with Gasteiger partial charge in [-0.15, -0.1) is 0 Å². The highest BCUT2D eigenvalue weighted by molar-refractivity contribution is 6.01. The third-order valence-corrected chi connectivity index (χ3v) is 19.2. The molecule has 6 fully saturated rings. The molecule has 7 aliphatic rings. The number of nitrogens with two attached hydrogens (primary N) is 1. The Morgan fingerprint density at radius 2 is 1.65 bits per heavy atom. The number of carbonyl (C=O) groups excluding carboxylic acids is 2. The Hall–Kier alpha value is -3.00. The van der Waals surface area contributed by atoms with Gasteiger partial charge in [-0.3, -0.25) is 9.59 Å². The predicted octanol–water partition coefficient (Wildman–Crippen LogP) is 10.6. The summed E-state index contributed by atoms with van der Waals surface area (Å²) in [4.78, 5) is 29.6. The van der Waals surface area contributed by atoms with Crippen molar-refractivity contribution in [2.24, 2.45) is 51.2 Å². The number of ether oxygens (including phenoxy) is 1. The van der Waals surface area contributed by atoms with Crippen LogP contribution in [0.5, 0.6) is 5.75 Å². The molecule has 6 aliphatic carbocycles. The minimum absolute atomic E-state index is 0.0478. The average Bonchev–Trinajstić information content (AvgIpc) is 3.51. The highest BCUT2D eigenvalue weighted by Crippen LogP contribution is 2.75. The molecule has 0 radical (unpaired) electrons. The normalized spacial score (nSPS) is 39.9. The van der Waals surface area contributed by atoms with Crippen molar-refractivity contribution in [3.8, 4) is 5.75 Å². The van der Waals surface area contributed by atoms with Crippen LogP contribution < -0.4 is 11.1 Å². The van der Waals surface area contributed by atoms with Crippen LogP contribution in [0, 0.1) is 51.2 Å². The topological polar surface area (TPSA) is 125 Å². The van der Waals surface area contributed by atoms with Crippen LogP contribution in [0.1, 0.15) is 166 Å². The van der Waals surface area contributed by atoms with E-state index < -0.39 is 11.5 Å². The van der Waals surface area contributed by atoms with Gasteiger partial charge in [-0.05, 0) is 171 Å². The SMILES string of the molecule is CNCc1cc(O)cc(C2CC3(C)C(CCC4(C)C3CCC3=C(C(CC(O)C5OC5(C)C5CCCC5c5cccc(N)c5)C5CCCCC5)C(=O)CC34C)C(C)(C)C2=O)c1. The Balaban J connectivity index is 1.02. The highest BCUT2D eigenvalue weighted by Gasteiger charge is 2.70. The van der Waals surface area contributed by atoms with Gasteiger partial charge in [0.1, 0.15) is 17.6 Å². The maximum absolute atomic E-state index is 15.0. The number of nitrogen functional groups attached to an aromatic ring is 1. The van der Waals surface area contributed by atoms with Crippen molar-refractivity contribution in [3.63, 3.8) is 0 Å². The van der Waals surface area contributed by atoms with Gasteiger partial charge in [0.25, 0.3) is 0 Å². The minimum Gasteiger partial charge on any atom is -0.508 e. The molecule has 5 N–H and O–H groups in total. The number of nitrogens with one attached hydrogen (secondary N) is 1. The fourth-order valence-electron chi connectivity index (χ4n) is 16.3. The number of ketones is 2. The van der Waals surface area contributed by atoms with Gasteiger partial charge in [0.15, 0.2) is 5.78 Å². The van der Waals surface area contributed by atoms with E-state index in [2.05, 4.69) is 71.1 Å². The van der Waals surface area contributed by atoms with Gasteiger partial charge in [-0.2, -0.15) is 0 Å². The number of carbonyl (C=O) groups is 2. The van der Waals surface area contributed by atoms with Crippen molar-refractivity contribution in [2.75, 3.05) is 12.8 Å². The first kappa shape index (κ1) is 42.3. The van der Waals surface area contributed by atoms with Crippen molar-refractivity contribution in [2.45, 2.75) is 174 Å². The number of rotatable bonds is 10. The molecule has 7 heteroatoms. The van der Waals surface area contributed by atoms with E-state index in [9.17, 15) is 19.8 Å². The monoisotopic (exact) mass is 819 g/mol. The van der Waals surface area contributed by atoms with E-state index in [1.807, 2.05) is 19.2 Å². The molecule has 0 amide bonds. The van der Waals surface area contributed by atoms with Gasteiger partial charge in [-0.1, -0.05) is 84.1 Å². The molecular weight excluding hydrogens is 745 g/mol. The van der Waals surface area contributed by atoms with Gasteiger partial charge >= 0.3 is 0 Å². The average molecular weight is 819 g/mol. The van der Waals surface area contributed by atoms with E-state index in [4.69, 9.17) is 10.5 Å². The van der Waals surface area contributed by atoms with Gasteiger partial charge < -0.3 is 26.0 Å². The van der Waals surface area contributed by atoms with E-state index in [-0.39, 0.29) is 51.5 Å². The van der Waals surface area contributed by atoms with E-state index in [1.165, 1.54) is 30.4 Å². The molecule has 5 saturated carbocycles. The Kier molecular flexibility index (Phi) is 10.6. The maximum atomic E-state index is 15.0. The van der Waals surface area contributed by atoms with Crippen LogP contribution in [0.25, 0.3) is 0 Å². The predicted molar refractivity (Wildman–Crippen MR) is 238 cm³/mol. The number of hydrogen-bond donors (Lipinski definition) is 4. The summed E-state index contributed by atoms with van der Waals surface area (Å²) in [5.41, 5.74) is 11.4. The fraction of sp³-hybridized carbons (Fsp3) is 0.698. The fourth-order valence-corrected chi connectivity index (χ4v) is 16.3. The van der Waals surface area contributed by atoms with Crippen LogP contribution in [-0.2, 0) is 20.9 Å². The first-order valence-electron chi connectivity index (χ1n) is 24.0. The summed E-state index contributed by atoms with van der Waals surface area (Å²) in [6.45, 7) is 14.7. The largest absolute Gasteiger partial charge is 0.508 e. The first-order chi connectivity index (χ1) is 28.5. The Bertz CT molecular complexity index is 2050. The number of epoxide rings is 1. The van der Waals surface area contributed by atoms with Crippen LogP contribution in [0.2, 0.25) is 0 Å². The standard InChI is InChI=1S/C53H74N2O5/c1-49(2)44-21-22-51(4)45(50(44,3)28-39(47(49)59)34-23-31(30-55-7)24-36(56)26-34)20-19-41-46(43(58)29-52(41,51)5)38(32-13-9-8-10-14-32)27-42(57)48-53(6,60-48)40-18-12-17-37(40)33-15-11-16-35(54)25-33/h11,15-16,23-26,32,37-40,42,44-45,48,55-57H,8-10,12-14,17-22,27-30,54H2,1-7H3. The second-order valence-corrected chi connectivity index (χ2v) is 22.6. The summed E-state index contributed by atoms with van der Waals surface area (Å²) < 4.78 is 6.65. The molecule has 1 aliphatic heterocycles. The zero-order valence-electron chi connectivity index (χ0n) is 37.7. The third-order valence-electron chi connectivity index (χ3n) is 19.2. The molecule has 1 heterocycles. The molecule has 0 spiro atoms. The smallest absolute Gasteiger partial charge is 0.160 e. The lowest BCUT2D eigenvalue weighted by Crippen LogP contribution is -2.63. The first-order valence-corrected chi connectivity index (χ1v) is 24.0. The molecule has 9 rings (SSSR count). The number of anilines is 1. The molecule has 12 unspecified atom stereocenters. The lowest BCUT2D eigenvalue weighted by atomic mass is 9.35. The Labute approximate surface area is 360 Å². The van der Waals surface area contributed by atoms with Crippen molar-refractivity contribution >= 4 is 17.3 Å². The van der Waals surface area contributed by atoms with E-state index >= 15 is 0 Å². The van der Waals surface area contributed by atoms with E-state index in [0.717, 1.165) is 86.6 Å². The minimum atomic E-state index is -0.622. The summed E-state index contributed by atoms with van der Waals surface area (Å²) in [5.74, 6) is 2.33. The van der Waals surface area contributed by atoms with Crippen molar-refractivity contribution in [1.29, 1.82) is 0 Å². The van der Waals surface area contributed by atoms with Gasteiger partial charge in [-0.25, -0.2) is 0 Å². The van der Waals surface area contributed by atoms with Gasteiger partial charge in [0, 0.05) is 35.4 Å². The maximum Gasteiger partial charge on any atom is 0.160 e. The number of phenolic OH excluding ortho intramolecular Hbond substituents is 1. The van der Waals surface area contributed by atoms with Crippen molar-refractivity contribution in [1.82, 2.24) is 5.32 Å². The zero-order chi connectivity index (χ0) is 42.6. The van der Waals surface area contributed by atoms with Crippen molar-refractivity contribution < 1.29 is 24.5 Å². The van der Waals surface area contributed by atoms with Crippen LogP contribution in [-0.4, -0.2) is 46.6 Å². The van der Waals surface area contributed by atoms with Crippen LogP contribution in [0.3, 0.4) is 0 Å². The zero-order valence-corrected chi connectivity index (χ0v) is 37.7. The number of Topliss-reactive ketones (excluding diaryl/α,β-unsaturated/α-hetero) is 2. The quantitative estimate of drug-likeness (QED) is 0.139. The summed E-state index contributed by atoms with van der Waals surface area (Å²) in [6, 6.07) is 14.1. The third kappa shape index (κ3) is 6.51. The number of allylic oxidation sites excluding steroid dienone is 2. The lowest BCUT2D eigenvalue weighted by Gasteiger charge is -2.68. The Morgan fingerprint density at radius 3 is 2.38 bits per heavy atom. The van der Waals surface area contributed by atoms with E-state index in [1.54, 1.807) is 6.07 Å². The van der Waals surface area contributed by atoms with Crippen LogP contribution >= 0.6 is 0 Å². The molecule has 2 aromatic carbocycles. The molecule has 2 aromatic rings. The molecule has 12 atom stereocenters. The molecular formula is C53H74N2O5. The molecule has 1 saturated heterocycles.